The van der Waals surface area contributed by atoms with Crippen molar-refractivity contribution in [3.05, 3.63) is 59.6 Å². The van der Waals surface area contributed by atoms with Crippen molar-refractivity contribution in [1.82, 2.24) is 4.90 Å². The highest BCUT2D eigenvalue weighted by atomic mass is 16.5. The predicted molar refractivity (Wildman–Crippen MR) is 95.6 cm³/mol. The third-order valence-corrected chi connectivity index (χ3v) is 4.24. The Morgan fingerprint density at radius 2 is 2.04 bits per heavy atom. The van der Waals surface area contributed by atoms with Gasteiger partial charge in [0.15, 0.2) is 0 Å². The van der Waals surface area contributed by atoms with Crippen LogP contribution in [0.3, 0.4) is 0 Å². The Morgan fingerprint density at radius 3 is 2.69 bits per heavy atom. The molecule has 1 fully saturated rings. The lowest BCUT2D eigenvalue weighted by molar-refractivity contribution is -0.140. The lowest BCUT2D eigenvalue weighted by Gasteiger charge is -2.22. The molecule has 1 aliphatic rings. The molecule has 0 aliphatic carbocycles. The highest BCUT2D eigenvalue weighted by Crippen LogP contribution is 2.39. The standard InChI is InChI=1S/C20H21NO5/c1-3-10-21-17(15-9-6-11-26-15)16(19(23)20(21)24)18(22)13-7-5-8-14(12-13)25-4-2/h5-9,11-12,17,22H,3-4,10H2,1-2H3/b18-16-. The quantitative estimate of drug-likeness (QED) is 0.487. The van der Waals surface area contributed by atoms with Crippen molar-refractivity contribution in [3.8, 4) is 5.75 Å². The number of ether oxygens (including phenoxy) is 1. The summed E-state index contributed by atoms with van der Waals surface area (Å²) in [5.41, 5.74) is 0.453. The fourth-order valence-electron chi connectivity index (χ4n) is 3.15. The minimum atomic E-state index is -0.735. The van der Waals surface area contributed by atoms with E-state index in [2.05, 4.69) is 0 Å². The average molecular weight is 355 g/mol. The summed E-state index contributed by atoms with van der Waals surface area (Å²) < 4.78 is 10.9. The Balaban J connectivity index is 2.12. The van der Waals surface area contributed by atoms with Crippen LogP contribution < -0.4 is 4.74 Å². The number of benzene rings is 1. The summed E-state index contributed by atoms with van der Waals surface area (Å²) >= 11 is 0. The molecule has 1 aromatic carbocycles. The van der Waals surface area contributed by atoms with Crippen LogP contribution >= 0.6 is 0 Å². The summed E-state index contributed by atoms with van der Waals surface area (Å²) in [6, 6.07) is 9.46. The van der Waals surface area contributed by atoms with Gasteiger partial charge in [0.2, 0.25) is 0 Å². The number of hydrogen-bond donors (Lipinski definition) is 1. The molecule has 2 aromatic rings. The van der Waals surface area contributed by atoms with Crippen LogP contribution in [0.1, 0.15) is 37.6 Å². The molecule has 3 rings (SSSR count). The first-order valence-electron chi connectivity index (χ1n) is 8.63. The summed E-state index contributed by atoms with van der Waals surface area (Å²) in [7, 11) is 0. The molecule has 136 valence electrons. The maximum Gasteiger partial charge on any atom is 0.295 e. The van der Waals surface area contributed by atoms with Crippen LogP contribution in [-0.4, -0.2) is 34.8 Å². The molecule has 1 unspecified atom stereocenters. The van der Waals surface area contributed by atoms with E-state index in [1.165, 1.54) is 11.2 Å². The summed E-state index contributed by atoms with van der Waals surface area (Å²) in [6.07, 6.45) is 2.17. The summed E-state index contributed by atoms with van der Waals surface area (Å²) in [4.78, 5) is 26.6. The molecule has 0 radical (unpaired) electrons. The normalized spacial score (nSPS) is 19.2. The van der Waals surface area contributed by atoms with Gasteiger partial charge in [-0.25, -0.2) is 0 Å². The van der Waals surface area contributed by atoms with Gasteiger partial charge in [0.1, 0.15) is 23.3 Å². The highest BCUT2D eigenvalue weighted by Gasteiger charge is 2.47. The first-order chi connectivity index (χ1) is 12.6. The van der Waals surface area contributed by atoms with E-state index in [9.17, 15) is 14.7 Å². The van der Waals surface area contributed by atoms with E-state index in [4.69, 9.17) is 9.15 Å². The minimum Gasteiger partial charge on any atom is -0.507 e. The number of likely N-dealkylation sites (tertiary alicyclic amines) is 1. The van der Waals surface area contributed by atoms with Gasteiger partial charge in [-0.3, -0.25) is 9.59 Å². The monoisotopic (exact) mass is 355 g/mol. The van der Waals surface area contributed by atoms with Gasteiger partial charge in [-0.1, -0.05) is 19.1 Å². The number of carbonyl (C=O) groups is 2. The molecule has 6 heteroatoms. The minimum absolute atomic E-state index is 0.0343. The molecule has 2 heterocycles. The SMILES string of the molecule is CCCN1C(=O)C(=O)/C(=C(\O)c2cccc(OCC)c2)C1c1ccco1. The van der Waals surface area contributed by atoms with Crippen LogP contribution in [-0.2, 0) is 9.59 Å². The molecular weight excluding hydrogens is 334 g/mol. The maximum atomic E-state index is 12.6. The molecule has 0 bridgehead atoms. The van der Waals surface area contributed by atoms with Crippen LogP contribution in [0.2, 0.25) is 0 Å². The van der Waals surface area contributed by atoms with E-state index in [0.29, 0.717) is 36.6 Å². The Labute approximate surface area is 151 Å². The largest absolute Gasteiger partial charge is 0.507 e. The highest BCUT2D eigenvalue weighted by molar-refractivity contribution is 6.46. The Morgan fingerprint density at radius 1 is 1.23 bits per heavy atom. The molecule has 1 atom stereocenters. The molecule has 1 saturated heterocycles. The van der Waals surface area contributed by atoms with Gasteiger partial charge in [-0.2, -0.15) is 0 Å². The van der Waals surface area contributed by atoms with Crippen LogP contribution in [0.15, 0.2) is 52.7 Å². The van der Waals surface area contributed by atoms with Gasteiger partial charge in [-0.05, 0) is 37.6 Å². The summed E-state index contributed by atoms with van der Waals surface area (Å²) in [5, 5.41) is 10.8. The van der Waals surface area contributed by atoms with Crippen molar-refractivity contribution >= 4 is 17.4 Å². The number of amides is 1. The van der Waals surface area contributed by atoms with Gasteiger partial charge < -0.3 is 19.2 Å². The maximum absolute atomic E-state index is 12.6. The van der Waals surface area contributed by atoms with Gasteiger partial charge >= 0.3 is 0 Å². The van der Waals surface area contributed by atoms with Crippen LogP contribution in [0.4, 0.5) is 0 Å². The molecule has 0 saturated carbocycles. The summed E-state index contributed by atoms with van der Waals surface area (Å²) in [5.74, 6) is -0.547. The van der Waals surface area contributed by atoms with Crippen molar-refractivity contribution in [2.75, 3.05) is 13.2 Å². The average Bonchev–Trinajstić information content (AvgIpc) is 3.24. The van der Waals surface area contributed by atoms with Crippen molar-refractivity contribution < 1.29 is 23.8 Å². The van der Waals surface area contributed by atoms with Crippen molar-refractivity contribution in [2.45, 2.75) is 26.3 Å². The number of aliphatic hydroxyl groups is 1. The molecule has 1 aliphatic heterocycles. The zero-order chi connectivity index (χ0) is 18.7. The molecule has 1 amide bonds. The van der Waals surface area contributed by atoms with Crippen molar-refractivity contribution in [1.29, 1.82) is 0 Å². The second kappa shape index (κ2) is 7.47. The fraction of sp³-hybridized carbons (Fsp3) is 0.300. The Hall–Kier alpha value is -3.02. The molecule has 6 nitrogen and oxygen atoms in total. The Kier molecular flexibility index (Phi) is 5.11. The predicted octanol–water partition coefficient (Wildman–Crippen LogP) is 3.51. The molecule has 1 N–H and O–H groups in total. The number of furan rings is 1. The van der Waals surface area contributed by atoms with E-state index in [-0.39, 0.29) is 11.3 Å². The van der Waals surface area contributed by atoms with Gasteiger partial charge in [-0.15, -0.1) is 0 Å². The number of aliphatic hydroxyl groups excluding tert-OH is 1. The number of nitrogens with zero attached hydrogens (tertiary/aromatic N) is 1. The number of Topliss-reactive ketones (excluding diaryl/α,β-unsaturated/α-hetero) is 1. The van der Waals surface area contributed by atoms with Gasteiger partial charge in [0.25, 0.3) is 11.7 Å². The number of ketones is 1. The lowest BCUT2D eigenvalue weighted by atomic mass is 9.99. The van der Waals surface area contributed by atoms with E-state index < -0.39 is 17.7 Å². The zero-order valence-electron chi connectivity index (χ0n) is 14.8. The number of rotatable bonds is 6. The first-order valence-corrected chi connectivity index (χ1v) is 8.63. The second-order valence-electron chi connectivity index (χ2n) is 5.97. The third kappa shape index (κ3) is 3.10. The first kappa shape index (κ1) is 17.8. The van der Waals surface area contributed by atoms with Gasteiger partial charge in [0, 0.05) is 12.1 Å². The molecule has 0 spiro atoms. The smallest absolute Gasteiger partial charge is 0.295 e. The zero-order valence-corrected chi connectivity index (χ0v) is 14.8. The number of hydrogen-bond acceptors (Lipinski definition) is 5. The van der Waals surface area contributed by atoms with E-state index >= 15 is 0 Å². The van der Waals surface area contributed by atoms with Crippen molar-refractivity contribution in [2.24, 2.45) is 0 Å². The molecular formula is C20H21NO5. The Bertz CT molecular complexity index is 838. The topological polar surface area (TPSA) is 80.0 Å². The van der Waals surface area contributed by atoms with Gasteiger partial charge in [0.05, 0.1) is 18.4 Å². The molecule has 1 aromatic heterocycles. The van der Waals surface area contributed by atoms with E-state index in [0.717, 1.165) is 0 Å². The van der Waals surface area contributed by atoms with Crippen LogP contribution in [0, 0.1) is 0 Å². The third-order valence-electron chi connectivity index (χ3n) is 4.24. The second-order valence-corrected chi connectivity index (χ2v) is 5.97. The van der Waals surface area contributed by atoms with Crippen molar-refractivity contribution in [3.63, 3.8) is 0 Å². The van der Waals surface area contributed by atoms with E-state index in [1.807, 2.05) is 13.8 Å². The van der Waals surface area contributed by atoms with Crippen LogP contribution in [0.25, 0.3) is 5.76 Å². The number of carbonyl (C=O) groups excluding carboxylic acids is 2. The fourth-order valence-corrected chi connectivity index (χ4v) is 3.15. The van der Waals surface area contributed by atoms with E-state index in [1.54, 1.807) is 36.4 Å². The lowest BCUT2D eigenvalue weighted by Crippen LogP contribution is -2.30. The van der Waals surface area contributed by atoms with Crippen LogP contribution in [0.5, 0.6) is 5.75 Å². The summed E-state index contributed by atoms with van der Waals surface area (Å²) in [6.45, 7) is 4.66. The molecule has 26 heavy (non-hydrogen) atoms.